The van der Waals surface area contributed by atoms with E-state index in [1.165, 1.54) is 0 Å². The number of urea groups is 1. The van der Waals surface area contributed by atoms with Gasteiger partial charge in [0, 0.05) is 31.7 Å². The maximum absolute atomic E-state index is 11.4. The lowest BCUT2D eigenvalue weighted by Gasteiger charge is -2.27. The van der Waals surface area contributed by atoms with Crippen molar-refractivity contribution in [3.05, 3.63) is 0 Å². The van der Waals surface area contributed by atoms with Gasteiger partial charge in [0.2, 0.25) is 0 Å². The molecule has 2 amide bonds. The van der Waals surface area contributed by atoms with Crippen LogP contribution in [0.4, 0.5) is 4.79 Å². The molecule has 1 saturated carbocycles. The van der Waals surface area contributed by atoms with Gasteiger partial charge >= 0.3 is 6.03 Å². The van der Waals surface area contributed by atoms with E-state index in [4.69, 9.17) is 5.11 Å². The fourth-order valence-corrected chi connectivity index (χ4v) is 2.44. The molecule has 0 aromatic carbocycles. The van der Waals surface area contributed by atoms with E-state index in [1.54, 1.807) is 0 Å². The van der Waals surface area contributed by atoms with Gasteiger partial charge in [-0.15, -0.1) is 0 Å². The predicted molar refractivity (Wildman–Crippen MR) is 48.3 cm³/mol. The number of amides is 2. The summed E-state index contributed by atoms with van der Waals surface area (Å²) in [5, 5.41) is 11.9. The summed E-state index contributed by atoms with van der Waals surface area (Å²) in [6.07, 6.45) is 3.25. The van der Waals surface area contributed by atoms with E-state index in [2.05, 4.69) is 5.32 Å². The molecule has 0 aromatic heterocycles. The third-order valence-electron chi connectivity index (χ3n) is 3.14. The molecule has 0 spiro atoms. The highest BCUT2D eigenvalue weighted by Gasteiger charge is 2.36. The predicted octanol–water partition coefficient (Wildman–Crippen LogP) is 0.173. The standard InChI is InChI=1S/C9H16N2O2/c12-6-7-2-1-3-8(7)11-5-4-10-9(11)13/h7-8,12H,1-6H2,(H,10,13). The second kappa shape index (κ2) is 3.54. The third kappa shape index (κ3) is 1.50. The summed E-state index contributed by atoms with van der Waals surface area (Å²) in [6.45, 7) is 1.78. The van der Waals surface area contributed by atoms with Crippen LogP contribution < -0.4 is 5.32 Å². The third-order valence-corrected chi connectivity index (χ3v) is 3.14. The molecule has 0 bridgehead atoms. The van der Waals surface area contributed by atoms with Crippen LogP contribution in [0.2, 0.25) is 0 Å². The van der Waals surface area contributed by atoms with Crippen molar-refractivity contribution in [3.63, 3.8) is 0 Å². The summed E-state index contributed by atoms with van der Waals surface area (Å²) in [4.78, 5) is 13.2. The Bertz CT molecular complexity index is 208. The number of hydrogen-bond acceptors (Lipinski definition) is 2. The molecule has 0 aromatic rings. The van der Waals surface area contributed by atoms with E-state index >= 15 is 0 Å². The van der Waals surface area contributed by atoms with Crippen LogP contribution in [0.1, 0.15) is 19.3 Å². The van der Waals surface area contributed by atoms with Gasteiger partial charge in [0.25, 0.3) is 0 Å². The van der Waals surface area contributed by atoms with Crippen LogP contribution in [0.3, 0.4) is 0 Å². The van der Waals surface area contributed by atoms with Gasteiger partial charge in [0.15, 0.2) is 0 Å². The van der Waals surface area contributed by atoms with Crippen LogP contribution >= 0.6 is 0 Å². The lowest BCUT2D eigenvalue weighted by Crippen LogP contribution is -2.41. The van der Waals surface area contributed by atoms with Gasteiger partial charge in [0.05, 0.1) is 0 Å². The Hall–Kier alpha value is -0.770. The molecule has 2 unspecified atom stereocenters. The van der Waals surface area contributed by atoms with E-state index in [0.717, 1.165) is 32.4 Å². The van der Waals surface area contributed by atoms with Crippen LogP contribution in [0.15, 0.2) is 0 Å². The van der Waals surface area contributed by atoms with Crippen LogP contribution in [0, 0.1) is 5.92 Å². The molecular weight excluding hydrogens is 168 g/mol. The number of carbonyl (C=O) groups is 1. The Balaban J connectivity index is 2.02. The molecule has 74 valence electrons. The zero-order valence-electron chi connectivity index (χ0n) is 7.70. The number of rotatable bonds is 2. The summed E-state index contributed by atoms with van der Waals surface area (Å²) in [5.74, 6) is 0.309. The Morgan fingerprint density at radius 3 is 3.00 bits per heavy atom. The van der Waals surface area contributed by atoms with Crippen molar-refractivity contribution in [2.24, 2.45) is 5.92 Å². The molecule has 1 aliphatic heterocycles. The highest BCUT2D eigenvalue weighted by Crippen LogP contribution is 2.30. The molecular formula is C9H16N2O2. The SMILES string of the molecule is O=C1NCCN1C1CCCC1CO. The molecule has 4 nitrogen and oxygen atoms in total. The lowest BCUT2D eigenvalue weighted by atomic mass is 10.0. The van der Waals surface area contributed by atoms with E-state index in [9.17, 15) is 4.79 Å². The highest BCUT2D eigenvalue weighted by atomic mass is 16.3. The van der Waals surface area contributed by atoms with Gasteiger partial charge in [-0.3, -0.25) is 0 Å². The molecule has 13 heavy (non-hydrogen) atoms. The molecule has 1 heterocycles. The molecule has 0 radical (unpaired) electrons. The van der Waals surface area contributed by atoms with Crippen molar-refractivity contribution >= 4 is 6.03 Å². The smallest absolute Gasteiger partial charge is 0.317 e. The first kappa shape index (κ1) is 8.81. The minimum atomic E-state index is 0.0466. The van der Waals surface area contributed by atoms with Crippen molar-refractivity contribution < 1.29 is 9.90 Å². The zero-order chi connectivity index (χ0) is 9.26. The fourth-order valence-electron chi connectivity index (χ4n) is 2.44. The molecule has 2 aliphatic rings. The van der Waals surface area contributed by atoms with Crippen LogP contribution in [0.25, 0.3) is 0 Å². The van der Waals surface area contributed by atoms with Crippen LogP contribution in [-0.4, -0.2) is 41.8 Å². The van der Waals surface area contributed by atoms with E-state index in [-0.39, 0.29) is 18.7 Å². The summed E-state index contributed by atoms with van der Waals surface area (Å²) >= 11 is 0. The van der Waals surface area contributed by atoms with Crippen LogP contribution in [-0.2, 0) is 0 Å². The molecule has 2 rings (SSSR count). The molecule has 2 fully saturated rings. The van der Waals surface area contributed by atoms with E-state index in [0.29, 0.717) is 5.92 Å². The largest absolute Gasteiger partial charge is 0.396 e. The Labute approximate surface area is 77.9 Å². The molecule has 4 heteroatoms. The number of carbonyl (C=O) groups excluding carboxylic acids is 1. The minimum absolute atomic E-state index is 0.0466. The second-order valence-electron chi connectivity index (χ2n) is 3.87. The molecule has 1 aliphatic carbocycles. The monoisotopic (exact) mass is 184 g/mol. The maximum Gasteiger partial charge on any atom is 0.317 e. The van der Waals surface area contributed by atoms with Gasteiger partial charge in [-0.1, -0.05) is 6.42 Å². The summed E-state index contributed by atoms with van der Waals surface area (Å²) in [7, 11) is 0. The van der Waals surface area contributed by atoms with Gasteiger partial charge in [-0.25, -0.2) is 4.79 Å². The fraction of sp³-hybridized carbons (Fsp3) is 0.889. The summed E-state index contributed by atoms with van der Waals surface area (Å²) in [5.41, 5.74) is 0. The maximum atomic E-state index is 11.4. The Morgan fingerprint density at radius 2 is 2.38 bits per heavy atom. The summed E-state index contributed by atoms with van der Waals surface area (Å²) in [6, 6.07) is 0.331. The van der Waals surface area contributed by atoms with Gasteiger partial charge < -0.3 is 15.3 Å². The minimum Gasteiger partial charge on any atom is -0.396 e. The van der Waals surface area contributed by atoms with E-state index < -0.39 is 0 Å². The quantitative estimate of drug-likeness (QED) is 0.643. The van der Waals surface area contributed by atoms with Crippen molar-refractivity contribution in [1.29, 1.82) is 0 Å². The first-order chi connectivity index (χ1) is 6.33. The number of hydrogen-bond donors (Lipinski definition) is 2. The number of nitrogens with zero attached hydrogens (tertiary/aromatic N) is 1. The molecule has 2 N–H and O–H groups in total. The lowest BCUT2D eigenvalue weighted by molar-refractivity contribution is 0.144. The first-order valence-corrected chi connectivity index (χ1v) is 4.98. The highest BCUT2D eigenvalue weighted by molar-refractivity contribution is 5.76. The molecule has 2 atom stereocenters. The van der Waals surface area contributed by atoms with Crippen molar-refractivity contribution in [2.45, 2.75) is 25.3 Å². The Kier molecular flexibility index (Phi) is 2.40. The number of nitrogens with one attached hydrogen (secondary N) is 1. The Morgan fingerprint density at radius 1 is 1.54 bits per heavy atom. The van der Waals surface area contributed by atoms with Crippen molar-refractivity contribution in [3.8, 4) is 0 Å². The zero-order valence-corrected chi connectivity index (χ0v) is 7.70. The number of aliphatic hydroxyl groups is 1. The van der Waals surface area contributed by atoms with Crippen LogP contribution in [0.5, 0.6) is 0 Å². The molecule has 1 saturated heterocycles. The van der Waals surface area contributed by atoms with Crippen molar-refractivity contribution in [2.75, 3.05) is 19.7 Å². The summed E-state index contributed by atoms with van der Waals surface area (Å²) < 4.78 is 0. The number of aliphatic hydroxyl groups excluding tert-OH is 1. The van der Waals surface area contributed by atoms with Gasteiger partial charge in [0.1, 0.15) is 0 Å². The van der Waals surface area contributed by atoms with Gasteiger partial charge in [-0.2, -0.15) is 0 Å². The topological polar surface area (TPSA) is 52.6 Å². The van der Waals surface area contributed by atoms with Gasteiger partial charge in [-0.05, 0) is 12.8 Å². The average molecular weight is 184 g/mol. The van der Waals surface area contributed by atoms with Crippen molar-refractivity contribution in [1.82, 2.24) is 10.2 Å². The first-order valence-electron chi connectivity index (χ1n) is 4.98. The van der Waals surface area contributed by atoms with E-state index in [1.807, 2.05) is 4.90 Å². The normalized spacial score (nSPS) is 33.9. The average Bonchev–Trinajstić information content (AvgIpc) is 2.71. The second-order valence-corrected chi connectivity index (χ2v) is 3.87.